The first-order valence-electron chi connectivity index (χ1n) is 8.24. The van der Waals surface area contributed by atoms with E-state index in [2.05, 4.69) is 43.1 Å². The zero-order valence-electron chi connectivity index (χ0n) is 13.3. The third-order valence-corrected chi connectivity index (χ3v) is 4.00. The van der Waals surface area contributed by atoms with Crippen LogP contribution in [0.2, 0.25) is 0 Å². The van der Waals surface area contributed by atoms with Crippen LogP contribution in [-0.4, -0.2) is 23.5 Å². The largest absolute Gasteiger partial charge is 0.463 e. The summed E-state index contributed by atoms with van der Waals surface area (Å²) < 4.78 is 5.94. The number of rotatable bonds is 10. The highest BCUT2D eigenvalue weighted by atomic mass is 16.3. The van der Waals surface area contributed by atoms with Gasteiger partial charge in [-0.2, -0.15) is 0 Å². The maximum atomic E-state index is 5.94. The molecule has 0 atom stereocenters. The first-order chi connectivity index (χ1) is 9.69. The molecule has 0 radical (unpaired) electrons. The van der Waals surface area contributed by atoms with Gasteiger partial charge in [0.2, 0.25) is 0 Å². The SMILES string of the molecule is CCCCCN(Cc1ccc(CNC2CC2)o1)C(C)C. The molecule has 1 fully saturated rings. The average molecular weight is 278 g/mol. The summed E-state index contributed by atoms with van der Waals surface area (Å²) in [5.41, 5.74) is 0. The maximum absolute atomic E-state index is 5.94. The highest BCUT2D eigenvalue weighted by molar-refractivity contribution is 5.07. The van der Waals surface area contributed by atoms with Crippen LogP contribution in [0.25, 0.3) is 0 Å². The summed E-state index contributed by atoms with van der Waals surface area (Å²) in [7, 11) is 0. The maximum Gasteiger partial charge on any atom is 0.118 e. The van der Waals surface area contributed by atoms with Crippen molar-refractivity contribution >= 4 is 0 Å². The average Bonchev–Trinajstić information content (AvgIpc) is 3.15. The van der Waals surface area contributed by atoms with Crippen molar-refractivity contribution in [1.29, 1.82) is 0 Å². The first kappa shape index (κ1) is 15.6. The van der Waals surface area contributed by atoms with Crippen molar-refractivity contribution in [2.45, 2.75) is 78.0 Å². The Morgan fingerprint density at radius 1 is 1.25 bits per heavy atom. The summed E-state index contributed by atoms with van der Waals surface area (Å²) in [6.07, 6.45) is 6.53. The number of hydrogen-bond donors (Lipinski definition) is 1. The van der Waals surface area contributed by atoms with Crippen molar-refractivity contribution < 1.29 is 4.42 Å². The van der Waals surface area contributed by atoms with Gasteiger partial charge < -0.3 is 9.73 Å². The summed E-state index contributed by atoms with van der Waals surface area (Å²) in [5, 5.41) is 3.50. The fourth-order valence-corrected chi connectivity index (χ4v) is 2.42. The second kappa shape index (κ2) is 7.84. The van der Waals surface area contributed by atoms with E-state index in [-0.39, 0.29) is 0 Å². The minimum absolute atomic E-state index is 0.574. The number of unbranched alkanes of at least 4 members (excludes halogenated alkanes) is 2. The third-order valence-electron chi connectivity index (χ3n) is 4.00. The Morgan fingerprint density at radius 3 is 2.65 bits per heavy atom. The molecule has 1 aliphatic carbocycles. The van der Waals surface area contributed by atoms with Gasteiger partial charge in [0.05, 0.1) is 13.1 Å². The van der Waals surface area contributed by atoms with Gasteiger partial charge >= 0.3 is 0 Å². The second-order valence-corrected chi connectivity index (χ2v) is 6.29. The Hall–Kier alpha value is -0.800. The minimum Gasteiger partial charge on any atom is -0.463 e. The molecule has 1 aromatic rings. The molecule has 1 saturated carbocycles. The summed E-state index contributed by atoms with van der Waals surface area (Å²) in [6, 6.07) is 5.57. The molecule has 1 aliphatic rings. The van der Waals surface area contributed by atoms with Crippen molar-refractivity contribution in [3.63, 3.8) is 0 Å². The van der Waals surface area contributed by atoms with Crippen molar-refractivity contribution in [3.05, 3.63) is 23.7 Å². The lowest BCUT2D eigenvalue weighted by atomic mass is 10.2. The Labute approximate surface area is 123 Å². The first-order valence-corrected chi connectivity index (χ1v) is 8.24. The zero-order valence-corrected chi connectivity index (χ0v) is 13.3. The van der Waals surface area contributed by atoms with Gasteiger partial charge in [-0.05, 0) is 51.8 Å². The zero-order chi connectivity index (χ0) is 14.4. The monoisotopic (exact) mass is 278 g/mol. The van der Waals surface area contributed by atoms with Gasteiger partial charge in [0.1, 0.15) is 11.5 Å². The van der Waals surface area contributed by atoms with Crippen molar-refractivity contribution in [3.8, 4) is 0 Å². The predicted octanol–water partition coefficient (Wildman–Crippen LogP) is 3.93. The van der Waals surface area contributed by atoms with E-state index in [4.69, 9.17) is 4.42 Å². The lowest BCUT2D eigenvalue weighted by molar-refractivity contribution is 0.191. The molecule has 0 aromatic carbocycles. The van der Waals surface area contributed by atoms with Crippen LogP contribution < -0.4 is 5.32 Å². The van der Waals surface area contributed by atoms with E-state index in [0.717, 1.165) is 30.7 Å². The topological polar surface area (TPSA) is 28.4 Å². The van der Waals surface area contributed by atoms with Gasteiger partial charge in [0.15, 0.2) is 0 Å². The number of nitrogens with one attached hydrogen (secondary N) is 1. The van der Waals surface area contributed by atoms with Crippen LogP contribution in [-0.2, 0) is 13.1 Å². The molecule has 1 aromatic heterocycles. The fraction of sp³-hybridized carbons (Fsp3) is 0.765. The quantitative estimate of drug-likeness (QED) is 0.657. The second-order valence-electron chi connectivity index (χ2n) is 6.29. The van der Waals surface area contributed by atoms with Crippen LogP contribution >= 0.6 is 0 Å². The molecule has 0 bridgehead atoms. The standard InChI is InChI=1S/C17H30N2O/c1-4-5-6-11-19(14(2)3)13-17-10-9-16(20-17)12-18-15-7-8-15/h9-10,14-15,18H,4-8,11-13H2,1-3H3. The smallest absolute Gasteiger partial charge is 0.118 e. The number of furan rings is 1. The van der Waals surface area contributed by atoms with Gasteiger partial charge in [-0.25, -0.2) is 0 Å². The van der Waals surface area contributed by atoms with Crippen molar-refractivity contribution in [2.75, 3.05) is 6.54 Å². The molecule has 0 spiro atoms. The Bertz CT molecular complexity index is 382. The molecule has 3 heteroatoms. The van der Waals surface area contributed by atoms with Crippen molar-refractivity contribution in [1.82, 2.24) is 10.2 Å². The third kappa shape index (κ3) is 5.29. The Balaban J connectivity index is 1.78. The number of hydrogen-bond acceptors (Lipinski definition) is 3. The van der Waals surface area contributed by atoms with Gasteiger partial charge in [0, 0.05) is 12.1 Å². The van der Waals surface area contributed by atoms with Crippen LogP contribution in [0.1, 0.15) is 64.4 Å². The van der Waals surface area contributed by atoms with E-state index < -0.39 is 0 Å². The summed E-state index contributed by atoms with van der Waals surface area (Å²) >= 11 is 0. The van der Waals surface area contributed by atoms with Crippen LogP contribution in [0.3, 0.4) is 0 Å². The van der Waals surface area contributed by atoms with E-state index in [0.29, 0.717) is 6.04 Å². The molecule has 1 heterocycles. The molecular weight excluding hydrogens is 248 g/mol. The van der Waals surface area contributed by atoms with Gasteiger partial charge in [-0.3, -0.25) is 4.90 Å². The van der Waals surface area contributed by atoms with Crippen molar-refractivity contribution in [2.24, 2.45) is 0 Å². The van der Waals surface area contributed by atoms with Gasteiger partial charge in [0.25, 0.3) is 0 Å². The lowest BCUT2D eigenvalue weighted by Crippen LogP contribution is -2.31. The molecule has 0 saturated heterocycles. The summed E-state index contributed by atoms with van der Waals surface area (Å²) in [5.74, 6) is 2.17. The van der Waals surface area contributed by atoms with E-state index in [1.54, 1.807) is 0 Å². The normalized spacial score (nSPS) is 15.4. The summed E-state index contributed by atoms with van der Waals surface area (Å²) in [4.78, 5) is 2.51. The summed E-state index contributed by atoms with van der Waals surface area (Å²) in [6.45, 7) is 9.77. The van der Waals surface area contributed by atoms with Crippen LogP contribution in [0, 0.1) is 0 Å². The highest BCUT2D eigenvalue weighted by Gasteiger charge is 2.20. The Morgan fingerprint density at radius 2 is 2.00 bits per heavy atom. The van der Waals surface area contributed by atoms with Gasteiger partial charge in [-0.1, -0.05) is 19.8 Å². The molecule has 1 N–H and O–H groups in total. The molecular formula is C17H30N2O. The molecule has 0 unspecified atom stereocenters. The molecule has 3 nitrogen and oxygen atoms in total. The predicted molar refractivity (Wildman–Crippen MR) is 83.6 cm³/mol. The molecule has 114 valence electrons. The lowest BCUT2D eigenvalue weighted by Gasteiger charge is -2.25. The van der Waals surface area contributed by atoms with E-state index in [1.807, 2.05) is 0 Å². The Kier molecular flexibility index (Phi) is 6.11. The number of nitrogens with zero attached hydrogens (tertiary/aromatic N) is 1. The minimum atomic E-state index is 0.574. The highest BCUT2D eigenvalue weighted by Crippen LogP contribution is 2.20. The molecule has 20 heavy (non-hydrogen) atoms. The van der Waals surface area contributed by atoms with Gasteiger partial charge in [-0.15, -0.1) is 0 Å². The van der Waals surface area contributed by atoms with Crippen LogP contribution in [0.5, 0.6) is 0 Å². The van der Waals surface area contributed by atoms with E-state index in [1.165, 1.54) is 38.6 Å². The molecule has 0 aliphatic heterocycles. The molecule has 2 rings (SSSR count). The fourth-order valence-electron chi connectivity index (χ4n) is 2.42. The van der Waals surface area contributed by atoms with Crippen LogP contribution in [0.4, 0.5) is 0 Å². The van der Waals surface area contributed by atoms with Crippen LogP contribution in [0.15, 0.2) is 16.5 Å². The van der Waals surface area contributed by atoms with E-state index >= 15 is 0 Å². The molecule has 0 amide bonds. The van der Waals surface area contributed by atoms with E-state index in [9.17, 15) is 0 Å².